The average Bonchev–Trinajstić information content (AvgIpc) is 3.47. The van der Waals surface area contributed by atoms with E-state index in [1.54, 1.807) is 22.1 Å². The molecule has 0 unspecified atom stereocenters. The first kappa shape index (κ1) is 18.1. The van der Waals surface area contributed by atoms with Gasteiger partial charge < -0.3 is 14.7 Å². The second kappa shape index (κ2) is 7.75. The summed E-state index contributed by atoms with van der Waals surface area (Å²) in [7, 11) is 0. The van der Waals surface area contributed by atoms with E-state index in [4.69, 9.17) is 4.52 Å². The van der Waals surface area contributed by atoms with Crippen LogP contribution < -0.4 is 5.32 Å². The summed E-state index contributed by atoms with van der Waals surface area (Å²) in [5.41, 5.74) is 0.844. The molecule has 0 spiro atoms. The minimum absolute atomic E-state index is 0.166. The monoisotopic (exact) mass is 382 g/mol. The van der Waals surface area contributed by atoms with Crippen molar-refractivity contribution < 1.29 is 9.32 Å². The fourth-order valence-electron chi connectivity index (χ4n) is 3.25. The predicted molar refractivity (Wildman–Crippen MR) is 98.5 cm³/mol. The lowest BCUT2D eigenvalue weighted by Gasteiger charge is -2.22. The lowest BCUT2D eigenvalue weighted by Crippen LogP contribution is -2.39. The average molecular weight is 382 g/mol. The Morgan fingerprint density at radius 1 is 1.43 bits per heavy atom. The number of carbonyl (C=O) groups is 1. The molecule has 4 rings (SSSR count). The molecule has 1 aliphatic rings. The zero-order valence-corrected chi connectivity index (χ0v) is 15.8. The number of aromatic nitrogens is 6. The van der Waals surface area contributed by atoms with Gasteiger partial charge in [-0.25, -0.2) is 19.4 Å². The van der Waals surface area contributed by atoms with Crippen molar-refractivity contribution in [3.8, 4) is 5.82 Å². The van der Waals surface area contributed by atoms with Crippen molar-refractivity contribution in [2.45, 2.75) is 45.2 Å². The number of rotatable bonds is 5. The van der Waals surface area contributed by atoms with Gasteiger partial charge in [0.15, 0.2) is 11.6 Å². The van der Waals surface area contributed by atoms with E-state index < -0.39 is 0 Å². The van der Waals surface area contributed by atoms with Crippen molar-refractivity contribution >= 4 is 6.03 Å². The van der Waals surface area contributed by atoms with Gasteiger partial charge in [0.2, 0.25) is 5.89 Å². The van der Waals surface area contributed by atoms with Crippen molar-refractivity contribution in [1.29, 1.82) is 0 Å². The molecule has 1 aliphatic heterocycles. The van der Waals surface area contributed by atoms with Gasteiger partial charge in [-0.15, -0.1) is 0 Å². The molecule has 1 fully saturated rings. The minimum Gasteiger partial charge on any atom is -0.337 e. The number of pyridine rings is 1. The van der Waals surface area contributed by atoms with Gasteiger partial charge in [0, 0.05) is 30.8 Å². The molecule has 0 saturated carbocycles. The third-order valence-corrected chi connectivity index (χ3v) is 4.71. The van der Waals surface area contributed by atoms with Crippen LogP contribution in [0.3, 0.4) is 0 Å². The van der Waals surface area contributed by atoms with E-state index in [1.807, 2.05) is 26.0 Å². The minimum atomic E-state index is -0.191. The van der Waals surface area contributed by atoms with E-state index in [1.165, 1.54) is 6.33 Å². The van der Waals surface area contributed by atoms with Crippen LogP contribution in [0.25, 0.3) is 5.82 Å². The highest BCUT2D eigenvalue weighted by Gasteiger charge is 2.34. The van der Waals surface area contributed by atoms with Crippen LogP contribution in [-0.4, -0.2) is 47.4 Å². The molecular weight excluding hydrogens is 360 g/mol. The van der Waals surface area contributed by atoms with Crippen LogP contribution in [0, 0.1) is 0 Å². The highest BCUT2D eigenvalue weighted by Crippen LogP contribution is 2.31. The van der Waals surface area contributed by atoms with Gasteiger partial charge >= 0.3 is 6.03 Å². The number of nitrogens with zero attached hydrogens (tertiary/aromatic N) is 7. The Kier molecular flexibility index (Phi) is 5.00. The first-order valence-electron chi connectivity index (χ1n) is 9.30. The summed E-state index contributed by atoms with van der Waals surface area (Å²) in [6.45, 7) is 4.99. The second-order valence-electron chi connectivity index (χ2n) is 6.98. The van der Waals surface area contributed by atoms with Crippen LogP contribution in [0.4, 0.5) is 4.79 Å². The molecule has 3 aromatic heterocycles. The molecule has 3 aromatic rings. The van der Waals surface area contributed by atoms with Crippen molar-refractivity contribution in [2.24, 2.45) is 0 Å². The summed E-state index contributed by atoms with van der Waals surface area (Å²) in [5.74, 6) is 1.98. The molecule has 10 nitrogen and oxygen atoms in total. The zero-order valence-electron chi connectivity index (χ0n) is 15.8. The number of carbonyl (C=O) groups excluding carboxylic acids is 1. The summed E-state index contributed by atoms with van der Waals surface area (Å²) in [6, 6.07) is 3.37. The maximum Gasteiger partial charge on any atom is 0.318 e. The van der Waals surface area contributed by atoms with Crippen LogP contribution in [0.2, 0.25) is 0 Å². The number of likely N-dealkylation sites (tertiary alicyclic amines) is 1. The highest BCUT2D eigenvalue weighted by molar-refractivity contribution is 5.75. The third kappa shape index (κ3) is 3.57. The van der Waals surface area contributed by atoms with E-state index in [9.17, 15) is 4.79 Å². The van der Waals surface area contributed by atoms with Crippen LogP contribution in [0.5, 0.6) is 0 Å². The quantitative estimate of drug-likeness (QED) is 0.719. The topological polar surface area (TPSA) is 115 Å². The van der Waals surface area contributed by atoms with E-state index in [0.717, 1.165) is 18.4 Å². The molecule has 28 heavy (non-hydrogen) atoms. The van der Waals surface area contributed by atoms with Crippen molar-refractivity contribution in [2.75, 3.05) is 6.54 Å². The molecular formula is C18H22N8O2. The maximum atomic E-state index is 12.8. The zero-order chi connectivity index (χ0) is 19.5. The largest absolute Gasteiger partial charge is 0.337 e. The molecule has 1 N–H and O–H groups in total. The maximum absolute atomic E-state index is 12.8. The molecule has 1 saturated heterocycles. The predicted octanol–water partition coefficient (Wildman–Crippen LogP) is 2.22. The Labute approximate surface area is 162 Å². The molecule has 4 heterocycles. The van der Waals surface area contributed by atoms with Gasteiger partial charge in [0.05, 0.1) is 0 Å². The molecule has 0 aliphatic carbocycles. The fourth-order valence-corrected chi connectivity index (χ4v) is 3.25. The van der Waals surface area contributed by atoms with E-state index in [0.29, 0.717) is 30.6 Å². The van der Waals surface area contributed by atoms with Gasteiger partial charge in [-0.05, 0) is 18.9 Å². The SMILES string of the molecule is CC(C)c1noc([C@@H]2CCCN2C(=O)NCc2cccnc2-n2cncn2)n1. The van der Waals surface area contributed by atoms with Gasteiger partial charge in [-0.2, -0.15) is 10.1 Å². The van der Waals surface area contributed by atoms with Crippen LogP contribution >= 0.6 is 0 Å². The van der Waals surface area contributed by atoms with Gasteiger partial charge in [-0.3, -0.25) is 0 Å². The molecule has 0 bridgehead atoms. The van der Waals surface area contributed by atoms with Gasteiger partial charge in [0.1, 0.15) is 18.7 Å². The summed E-state index contributed by atoms with van der Waals surface area (Å²) >= 11 is 0. The Hall–Kier alpha value is -3.30. The Morgan fingerprint density at radius 2 is 2.32 bits per heavy atom. The Morgan fingerprint density at radius 3 is 3.07 bits per heavy atom. The normalized spacial score (nSPS) is 16.7. The first-order chi connectivity index (χ1) is 13.6. The molecule has 0 aromatic carbocycles. The Balaban J connectivity index is 1.45. The molecule has 0 radical (unpaired) electrons. The van der Waals surface area contributed by atoms with Gasteiger partial charge in [0.25, 0.3) is 0 Å². The highest BCUT2D eigenvalue weighted by atomic mass is 16.5. The number of nitrogens with one attached hydrogen (secondary N) is 1. The first-order valence-corrected chi connectivity index (χ1v) is 9.30. The number of hydrogen-bond acceptors (Lipinski definition) is 7. The van der Waals surface area contributed by atoms with E-state index >= 15 is 0 Å². The summed E-state index contributed by atoms with van der Waals surface area (Å²) in [5, 5.41) is 11.1. The van der Waals surface area contributed by atoms with Crippen LogP contribution in [0.1, 0.15) is 55.9 Å². The standard InChI is InChI=1S/C18H22N8O2/c1-12(2)15-23-17(28-24-15)14-6-4-8-25(14)18(27)21-9-13-5-3-7-20-16(13)26-11-19-10-22-26/h3,5,7,10-12,14H,4,6,8-9H2,1-2H3,(H,21,27)/t14-/m0/s1. The molecule has 1 atom stereocenters. The number of hydrogen-bond donors (Lipinski definition) is 1. The van der Waals surface area contributed by atoms with Crippen LogP contribution in [-0.2, 0) is 6.54 Å². The summed E-state index contributed by atoms with van der Waals surface area (Å²) < 4.78 is 6.99. The second-order valence-corrected chi connectivity index (χ2v) is 6.98. The van der Waals surface area contributed by atoms with Crippen molar-refractivity contribution in [1.82, 2.24) is 40.1 Å². The lowest BCUT2D eigenvalue weighted by atomic mass is 10.2. The van der Waals surface area contributed by atoms with Crippen molar-refractivity contribution in [3.63, 3.8) is 0 Å². The number of urea groups is 1. The smallest absolute Gasteiger partial charge is 0.318 e. The molecule has 146 valence electrons. The summed E-state index contributed by atoms with van der Waals surface area (Å²) in [4.78, 5) is 27.3. The Bertz CT molecular complexity index is 937. The van der Waals surface area contributed by atoms with Crippen molar-refractivity contribution in [3.05, 3.63) is 48.3 Å². The van der Waals surface area contributed by atoms with Gasteiger partial charge in [-0.1, -0.05) is 25.1 Å². The summed E-state index contributed by atoms with van der Waals surface area (Å²) in [6.07, 6.45) is 6.41. The van der Waals surface area contributed by atoms with E-state index in [2.05, 4.69) is 30.5 Å². The molecule has 10 heteroatoms. The fraction of sp³-hybridized carbons (Fsp3) is 0.444. The third-order valence-electron chi connectivity index (χ3n) is 4.71. The van der Waals surface area contributed by atoms with Crippen LogP contribution in [0.15, 0.2) is 35.5 Å². The van der Waals surface area contributed by atoms with E-state index in [-0.39, 0.29) is 18.0 Å². The lowest BCUT2D eigenvalue weighted by molar-refractivity contribution is 0.180. The molecule has 2 amide bonds. The number of amides is 2.